The van der Waals surface area contributed by atoms with E-state index in [0.717, 1.165) is 6.20 Å². The number of hydrogen-bond donors (Lipinski definition) is 1. The molecule has 0 bridgehead atoms. The summed E-state index contributed by atoms with van der Waals surface area (Å²) in [7, 11) is 0. The molecule has 56 valence electrons. The maximum absolute atomic E-state index is 12.4. The van der Waals surface area contributed by atoms with Gasteiger partial charge in [-0.3, -0.25) is 0 Å². The van der Waals surface area contributed by atoms with Crippen molar-refractivity contribution in [3.63, 3.8) is 0 Å². The number of nitrogens with zero attached hydrogens (tertiary/aromatic N) is 2. The Hall–Kier alpha value is -1.63. The molecule has 0 unspecified atom stereocenters. The van der Waals surface area contributed by atoms with Gasteiger partial charge in [-0.1, -0.05) is 5.92 Å². The van der Waals surface area contributed by atoms with Crippen LogP contribution in [0.2, 0.25) is 0 Å². The smallest absolute Gasteiger partial charge is 0.206 e. The van der Waals surface area contributed by atoms with Gasteiger partial charge in [-0.25, -0.2) is 14.4 Å². The Kier molecular flexibility index (Phi) is 2.02. The van der Waals surface area contributed by atoms with Gasteiger partial charge in [0.15, 0.2) is 11.6 Å². The summed E-state index contributed by atoms with van der Waals surface area (Å²) < 4.78 is 12.4. The van der Waals surface area contributed by atoms with Crippen LogP contribution in [0, 0.1) is 17.7 Å². The first-order valence-corrected chi connectivity index (χ1v) is 2.95. The van der Waals surface area contributed by atoms with E-state index in [2.05, 4.69) is 21.8 Å². The first kappa shape index (κ1) is 7.48. The van der Waals surface area contributed by atoms with Crippen molar-refractivity contribution >= 4 is 5.82 Å². The lowest BCUT2D eigenvalue weighted by molar-refractivity contribution is 0.618. The highest BCUT2D eigenvalue weighted by atomic mass is 19.1. The van der Waals surface area contributed by atoms with Gasteiger partial charge in [-0.15, -0.1) is 0 Å². The van der Waals surface area contributed by atoms with Crippen LogP contribution in [0.4, 0.5) is 10.2 Å². The van der Waals surface area contributed by atoms with Crippen LogP contribution in [0.1, 0.15) is 12.7 Å². The molecule has 0 radical (unpaired) electrons. The molecule has 1 aromatic rings. The number of halogens is 1. The predicted molar refractivity (Wildman–Crippen MR) is 39.0 cm³/mol. The van der Waals surface area contributed by atoms with Crippen LogP contribution in [0.3, 0.4) is 0 Å². The van der Waals surface area contributed by atoms with Crippen molar-refractivity contribution in [2.24, 2.45) is 0 Å². The Bertz CT molecular complexity index is 324. The van der Waals surface area contributed by atoms with Crippen molar-refractivity contribution in [3.05, 3.63) is 17.8 Å². The van der Waals surface area contributed by atoms with Crippen LogP contribution >= 0.6 is 0 Å². The fourth-order valence-corrected chi connectivity index (χ4v) is 0.552. The molecule has 0 aliphatic carbocycles. The average Bonchev–Trinajstić information content (AvgIpc) is 1.98. The summed E-state index contributed by atoms with van der Waals surface area (Å²) in [6, 6.07) is 0. The Morgan fingerprint density at radius 2 is 2.36 bits per heavy atom. The fourth-order valence-electron chi connectivity index (χ4n) is 0.552. The Balaban J connectivity index is 3.12. The van der Waals surface area contributed by atoms with Gasteiger partial charge in [0.05, 0.1) is 6.20 Å². The van der Waals surface area contributed by atoms with E-state index in [4.69, 9.17) is 5.73 Å². The molecule has 1 heterocycles. The SMILES string of the molecule is CC#Cc1ncc(F)c(N)n1. The molecule has 0 fully saturated rings. The van der Waals surface area contributed by atoms with E-state index < -0.39 is 5.82 Å². The number of nitrogens with two attached hydrogens (primary N) is 1. The van der Waals surface area contributed by atoms with Gasteiger partial charge in [-0.05, 0) is 12.8 Å². The summed E-state index contributed by atoms with van der Waals surface area (Å²) in [6.07, 6.45) is 1.00. The molecule has 3 nitrogen and oxygen atoms in total. The number of aromatic nitrogens is 2. The molecule has 0 amide bonds. The van der Waals surface area contributed by atoms with Gasteiger partial charge in [0.25, 0.3) is 0 Å². The first-order chi connectivity index (χ1) is 5.24. The largest absolute Gasteiger partial charge is 0.381 e. The molecule has 0 saturated heterocycles. The van der Waals surface area contributed by atoms with E-state index in [1.54, 1.807) is 6.92 Å². The molecule has 1 rings (SSSR count). The van der Waals surface area contributed by atoms with Crippen molar-refractivity contribution in [3.8, 4) is 11.8 Å². The van der Waals surface area contributed by atoms with Gasteiger partial charge < -0.3 is 5.73 Å². The zero-order valence-corrected chi connectivity index (χ0v) is 5.93. The summed E-state index contributed by atoms with van der Waals surface area (Å²) in [6.45, 7) is 1.64. The average molecular weight is 151 g/mol. The fraction of sp³-hybridized carbons (Fsp3) is 0.143. The third-order valence-corrected chi connectivity index (χ3v) is 1.01. The van der Waals surface area contributed by atoms with Crippen LogP contribution in [-0.2, 0) is 0 Å². The van der Waals surface area contributed by atoms with Crippen LogP contribution in [-0.4, -0.2) is 9.97 Å². The monoisotopic (exact) mass is 151 g/mol. The topological polar surface area (TPSA) is 51.8 Å². The lowest BCUT2D eigenvalue weighted by Gasteiger charge is -1.93. The first-order valence-electron chi connectivity index (χ1n) is 2.95. The summed E-state index contributed by atoms with van der Waals surface area (Å²) in [5.41, 5.74) is 5.16. The zero-order valence-electron chi connectivity index (χ0n) is 5.93. The van der Waals surface area contributed by atoms with Gasteiger partial charge in [0.2, 0.25) is 5.82 Å². The zero-order chi connectivity index (χ0) is 8.27. The van der Waals surface area contributed by atoms with Crippen LogP contribution in [0.25, 0.3) is 0 Å². The van der Waals surface area contributed by atoms with Gasteiger partial charge in [0.1, 0.15) is 0 Å². The van der Waals surface area contributed by atoms with Gasteiger partial charge in [-0.2, -0.15) is 0 Å². The molecule has 0 aromatic carbocycles. The summed E-state index contributed by atoms with van der Waals surface area (Å²) in [5, 5.41) is 0. The lowest BCUT2D eigenvalue weighted by Crippen LogP contribution is -1.99. The minimum Gasteiger partial charge on any atom is -0.381 e. The molecular weight excluding hydrogens is 145 g/mol. The predicted octanol–water partition coefficient (Wildman–Crippen LogP) is 0.569. The van der Waals surface area contributed by atoms with E-state index in [0.29, 0.717) is 0 Å². The second-order valence-electron chi connectivity index (χ2n) is 1.80. The minimum atomic E-state index is -0.619. The van der Waals surface area contributed by atoms with Crippen molar-refractivity contribution in [2.75, 3.05) is 5.73 Å². The minimum absolute atomic E-state index is 0.169. The summed E-state index contributed by atoms with van der Waals surface area (Å²) in [4.78, 5) is 7.17. The number of anilines is 1. The van der Waals surface area contributed by atoms with Crippen LogP contribution in [0.15, 0.2) is 6.20 Å². The highest BCUT2D eigenvalue weighted by Gasteiger charge is 1.99. The maximum Gasteiger partial charge on any atom is 0.206 e. The number of hydrogen-bond acceptors (Lipinski definition) is 3. The highest BCUT2D eigenvalue weighted by molar-refractivity contribution is 5.32. The number of nitrogen functional groups attached to an aromatic ring is 1. The Morgan fingerprint density at radius 3 is 2.91 bits per heavy atom. The summed E-state index contributed by atoms with van der Waals surface area (Å²) >= 11 is 0. The summed E-state index contributed by atoms with van der Waals surface area (Å²) in [5.74, 6) is 4.59. The normalized spacial score (nSPS) is 8.55. The van der Waals surface area contributed by atoms with E-state index in [-0.39, 0.29) is 11.6 Å². The van der Waals surface area contributed by atoms with E-state index >= 15 is 0 Å². The van der Waals surface area contributed by atoms with Gasteiger partial charge in [0, 0.05) is 0 Å². The van der Waals surface area contributed by atoms with E-state index in [9.17, 15) is 4.39 Å². The quantitative estimate of drug-likeness (QED) is 0.551. The second-order valence-corrected chi connectivity index (χ2v) is 1.80. The molecule has 4 heteroatoms. The standard InChI is InChI=1S/C7H6FN3/c1-2-3-6-10-4-5(8)7(9)11-6/h4H,1H3,(H2,9,10,11). The molecule has 0 aliphatic heterocycles. The third kappa shape index (κ3) is 1.64. The third-order valence-electron chi connectivity index (χ3n) is 1.01. The Labute approximate surface area is 63.5 Å². The highest BCUT2D eigenvalue weighted by Crippen LogP contribution is 2.02. The van der Waals surface area contributed by atoms with Crippen molar-refractivity contribution in [1.29, 1.82) is 0 Å². The second kappa shape index (κ2) is 2.97. The molecular formula is C7H6FN3. The van der Waals surface area contributed by atoms with Crippen molar-refractivity contribution in [1.82, 2.24) is 9.97 Å². The van der Waals surface area contributed by atoms with Gasteiger partial charge >= 0.3 is 0 Å². The molecule has 0 atom stereocenters. The molecule has 0 spiro atoms. The molecule has 1 aromatic heterocycles. The molecule has 0 saturated carbocycles. The van der Waals surface area contributed by atoms with Crippen LogP contribution in [0.5, 0.6) is 0 Å². The lowest BCUT2D eigenvalue weighted by atomic mass is 10.5. The van der Waals surface area contributed by atoms with Crippen molar-refractivity contribution < 1.29 is 4.39 Å². The molecule has 11 heavy (non-hydrogen) atoms. The van der Waals surface area contributed by atoms with Crippen molar-refractivity contribution in [2.45, 2.75) is 6.92 Å². The molecule has 2 N–H and O–H groups in total. The van der Waals surface area contributed by atoms with E-state index in [1.165, 1.54) is 0 Å². The maximum atomic E-state index is 12.4. The molecule has 0 aliphatic rings. The van der Waals surface area contributed by atoms with Crippen LogP contribution < -0.4 is 5.73 Å². The van der Waals surface area contributed by atoms with E-state index in [1.807, 2.05) is 0 Å². The Morgan fingerprint density at radius 1 is 1.64 bits per heavy atom. The number of rotatable bonds is 0.